The van der Waals surface area contributed by atoms with Crippen LogP contribution in [0.5, 0.6) is 0 Å². The molecule has 0 heterocycles. The zero-order valence-electron chi connectivity index (χ0n) is 16.5. The Balaban J connectivity index is 1.98. The third-order valence-corrected chi connectivity index (χ3v) is 4.32. The first-order chi connectivity index (χ1) is 14.6. The van der Waals surface area contributed by atoms with Crippen molar-refractivity contribution in [2.45, 2.75) is 26.7 Å². The predicted octanol–water partition coefficient (Wildman–Crippen LogP) is 3.53. The lowest BCUT2D eigenvalue weighted by Gasteiger charge is -2.09. The summed E-state index contributed by atoms with van der Waals surface area (Å²) in [6.45, 7) is 3.34. The Morgan fingerprint density at radius 2 is 1.77 bits per heavy atom. The molecule has 12 heteroatoms. The van der Waals surface area contributed by atoms with E-state index in [-0.39, 0.29) is 17.9 Å². The summed E-state index contributed by atoms with van der Waals surface area (Å²) in [5, 5.41) is 28.9. The van der Waals surface area contributed by atoms with Gasteiger partial charge in [-0.25, -0.2) is 5.43 Å². The van der Waals surface area contributed by atoms with Gasteiger partial charge in [0, 0.05) is 28.1 Å². The van der Waals surface area contributed by atoms with Crippen molar-refractivity contribution >= 4 is 46.2 Å². The summed E-state index contributed by atoms with van der Waals surface area (Å²) in [5.41, 5.74) is 2.89. The van der Waals surface area contributed by atoms with E-state index in [0.717, 1.165) is 23.8 Å². The fourth-order valence-electron chi connectivity index (χ4n) is 2.55. The Labute approximate surface area is 181 Å². The Morgan fingerprint density at radius 1 is 1.06 bits per heavy atom. The molecule has 0 aromatic heterocycles. The third-order valence-electron chi connectivity index (χ3n) is 4.09. The fraction of sp³-hybridized carbons (Fsp3) is 0.211. The maximum Gasteiger partial charge on any atom is 0.279 e. The van der Waals surface area contributed by atoms with E-state index in [1.54, 1.807) is 18.2 Å². The molecular weight excluding hydrogens is 430 g/mol. The summed E-state index contributed by atoms with van der Waals surface area (Å²) < 4.78 is 0. The number of hydrazone groups is 1. The average Bonchev–Trinajstić information content (AvgIpc) is 2.69. The van der Waals surface area contributed by atoms with Crippen molar-refractivity contribution < 1.29 is 19.4 Å². The molecular formula is C19H18ClN5O6. The highest BCUT2D eigenvalue weighted by Crippen LogP contribution is 2.25. The highest BCUT2D eigenvalue weighted by molar-refractivity contribution is 6.31. The van der Waals surface area contributed by atoms with Gasteiger partial charge in [-0.1, -0.05) is 17.7 Å². The number of rotatable bonds is 8. The molecule has 0 aliphatic carbocycles. The number of carbonyl (C=O) groups excluding carboxylic acids is 2. The van der Waals surface area contributed by atoms with Crippen molar-refractivity contribution in [1.29, 1.82) is 0 Å². The number of nitro benzene ring substituents is 2. The van der Waals surface area contributed by atoms with Crippen LogP contribution in [0.15, 0.2) is 41.5 Å². The number of hydrogen-bond donors (Lipinski definition) is 2. The van der Waals surface area contributed by atoms with Gasteiger partial charge in [-0.3, -0.25) is 29.8 Å². The van der Waals surface area contributed by atoms with Crippen molar-refractivity contribution in [1.82, 2.24) is 5.43 Å². The van der Waals surface area contributed by atoms with Crippen molar-refractivity contribution in [3.05, 3.63) is 72.8 Å². The maximum atomic E-state index is 12.2. The average molecular weight is 448 g/mol. The molecule has 2 amide bonds. The quantitative estimate of drug-likeness (QED) is 0.358. The molecule has 2 aromatic carbocycles. The largest absolute Gasteiger partial charge is 0.325 e. The Morgan fingerprint density at radius 3 is 2.42 bits per heavy atom. The summed E-state index contributed by atoms with van der Waals surface area (Å²) in [4.78, 5) is 44.6. The van der Waals surface area contributed by atoms with Crippen LogP contribution in [0.1, 0.15) is 24.5 Å². The minimum Gasteiger partial charge on any atom is -0.325 e. The molecule has 31 heavy (non-hydrogen) atoms. The first kappa shape index (κ1) is 23.4. The van der Waals surface area contributed by atoms with Crippen molar-refractivity contribution in [3.63, 3.8) is 0 Å². The van der Waals surface area contributed by atoms with Gasteiger partial charge in [0.05, 0.1) is 28.8 Å². The minimum absolute atomic E-state index is 0.00451. The zero-order valence-corrected chi connectivity index (χ0v) is 17.3. The van der Waals surface area contributed by atoms with Gasteiger partial charge in [-0.2, -0.15) is 5.10 Å². The highest BCUT2D eigenvalue weighted by Gasteiger charge is 2.21. The number of nitrogens with zero attached hydrogens (tertiary/aromatic N) is 3. The first-order valence-corrected chi connectivity index (χ1v) is 9.24. The van der Waals surface area contributed by atoms with E-state index in [2.05, 4.69) is 15.8 Å². The van der Waals surface area contributed by atoms with E-state index in [9.17, 15) is 29.8 Å². The number of halogens is 1. The van der Waals surface area contributed by atoms with Crippen LogP contribution in [-0.2, 0) is 16.0 Å². The molecule has 0 fully saturated rings. The first-order valence-electron chi connectivity index (χ1n) is 8.86. The normalized spacial score (nSPS) is 11.0. The van der Waals surface area contributed by atoms with Crippen LogP contribution in [-0.4, -0.2) is 27.4 Å². The topological polar surface area (TPSA) is 157 Å². The molecule has 0 unspecified atom stereocenters. The van der Waals surface area contributed by atoms with Gasteiger partial charge in [0.1, 0.15) is 0 Å². The maximum absolute atomic E-state index is 12.2. The zero-order chi connectivity index (χ0) is 23.1. The van der Waals surface area contributed by atoms with Crippen LogP contribution in [0.3, 0.4) is 0 Å². The smallest absolute Gasteiger partial charge is 0.279 e. The van der Waals surface area contributed by atoms with Crippen LogP contribution in [0.4, 0.5) is 17.1 Å². The van der Waals surface area contributed by atoms with Crippen LogP contribution in [0.25, 0.3) is 0 Å². The molecule has 0 aliphatic rings. The Bertz CT molecular complexity index is 1090. The summed E-state index contributed by atoms with van der Waals surface area (Å²) in [6, 6.07) is 8.08. The highest BCUT2D eigenvalue weighted by atomic mass is 35.5. The van der Waals surface area contributed by atoms with Gasteiger partial charge < -0.3 is 5.32 Å². The van der Waals surface area contributed by atoms with Crippen LogP contribution in [0, 0.1) is 27.2 Å². The molecule has 0 atom stereocenters. The second-order valence-corrected chi connectivity index (χ2v) is 7.01. The van der Waals surface area contributed by atoms with Gasteiger partial charge in [-0.15, -0.1) is 0 Å². The van der Waals surface area contributed by atoms with Crippen LogP contribution >= 0.6 is 11.6 Å². The van der Waals surface area contributed by atoms with Gasteiger partial charge in [0.15, 0.2) is 0 Å². The van der Waals surface area contributed by atoms with Crippen molar-refractivity contribution in [3.8, 4) is 0 Å². The number of aryl methyl sites for hydroxylation is 1. The molecule has 2 rings (SSSR count). The molecule has 0 saturated carbocycles. The van der Waals surface area contributed by atoms with Crippen molar-refractivity contribution in [2.24, 2.45) is 5.10 Å². The standard InChI is InChI=1S/C19H18ClN5O6/c1-11-3-5-14(20)9-16(11)21-18(26)7-12(2)22-23-19(27)8-13-4-6-15(24(28)29)10-17(13)25(30)31/h3-6,9-10H,7-8H2,1-2H3,(H,21,26)(H,23,27). The molecule has 11 nitrogen and oxygen atoms in total. The number of nitrogens with one attached hydrogen (secondary N) is 2. The van der Waals surface area contributed by atoms with Gasteiger partial charge in [-0.05, 0) is 37.6 Å². The summed E-state index contributed by atoms with van der Waals surface area (Å²) in [7, 11) is 0. The van der Waals surface area contributed by atoms with Gasteiger partial charge in [0.2, 0.25) is 11.8 Å². The number of carbonyl (C=O) groups is 2. The minimum atomic E-state index is -0.799. The second-order valence-electron chi connectivity index (χ2n) is 6.57. The number of hydrogen-bond acceptors (Lipinski definition) is 7. The number of non-ortho nitro benzene ring substituents is 1. The number of benzene rings is 2. The second kappa shape index (κ2) is 10.3. The molecule has 0 radical (unpaired) electrons. The summed E-state index contributed by atoms with van der Waals surface area (Å²) in [5.74, 6) is -1.05. The van der Waals surface area contributed by atoms with E-state index < -0.39 is 33.5 Å². The molecule has 0 bridgehead atoms. The van der Waals surface area contributed by atoms with Crippen LogP contribution in [0.2, 0.25) is 5.02 Å². The third kappa shape index (κ3) is 6.85. The molecule has 0 spiro atoms. The lowest BCUT2D eigenvalue weighted by Crippen LogP contribution is -2.23. The molecule has 162 valence electrons. The fourth-order valence-corrected chi connectivity index (χ4v) is 2.72. The summed E-state index contributed by atoms with van der Waals surface area (Å²) >= 11 is 5.91. The van der Waals surface area contributed by atoms with E-state index in [1.807, 2.05) is 6.92 Å². The van der Waals surface area contributed by atoms with E-state index >= 15 is 0 Å². The summed E-state index contributed by atoms with van der Waals surface area (Å²) in [6.07, 6.45) is -0.525. The Hall–Kier alpha value is -3.86. The lowest BCUT2D eigenvalue weighted by atomic mass is 10.1. The number of nitro groups is 2. The van der Waals surface area contributed by atoms with Gasteiger partial charge in [0.25, 0.3) is 11.4 Å². The Kier molecular flexibility index (Phi) is 7.75. The van der Waals surface area contributed by atoms with Crippen LogP contribution < -0.4 is 10.7 Å². The van der Waals surface area contributed by atoms with Crippen molar-refractivity contribution in [2.75, 3.05) is 5.32 Å². The monoisotopic (exact) mass is 447 g/mol. The van der Waals surface area contributed by atoms with E-state index in [0.29, 0.717) is 16.4 Å². The van der Waals surface area contributed by atoms with E-state index in [1.165, 1.54) is 6.92 Å². The molecule has 0 saturated heterocycles. The molecule has 2 aromatic rings. The predicted molar refractivity (Wildman–Crippen MR) is 114 cm³/mol. The molecule has 0 aliphatic heterocycles. The lowest BCUT2D eigenvalue weighted by molar-refractivity contribution is -0.394. The van der Waals surface area contributed by atoms with E-state index in [4.69, 9.17) is 11.6 Å². The SMILES string of the molecule is CC(CC(=O)Nc1cc(Cl)ccc1C)=NNC(=O)Cc1ccc([N+](=O)[O-])cc1[N+](=O)[O-]. The number of anilines is 1. The molecule has 2 N–H and O–H groups in total. The number of amides is 2. The van der Waals surface area contributed by atoms with Gasteiger partial charge >= 0.3 is 0 Å².